The lowest BCUT2D eigenvalue weighted by Gasteiger charge is -2.19. The number of benzene rings is 3. The van der Waals surface area contributed by atoms with Crippen LogP contribution >= 0.6 is 0 Å². The summed E-state index contributed by atoms with van der Waals surface area (Å²) in [5, 5.41) is 3.30. The summed E-state index contributed by atoms with van der Waals surface area (Å²) in [5.41, 5.74) is 10.2. The monoisotopic (exact) mass is 538 g/mol. The van der Waals surface area contributed by atoms with Crippen molar-refractivity contribution in [2.75, 3.05) is 20.2 Å². The van der Waals surface area contributed by atoms with Crippen molar-refractivity contribution in [1.29, 1.82) is 0 Å². The summed E-state index contributed by atoms with van der Waals surface area (Å²) >= 11 is 0. The molecule has 3 aromatic carbocycles. The highest BCUT2D eigenvalue weighted by molar-refractivity contribution is 6.04. The third-order valence-electron chi connectivity index (χ3n) is 6.35. The van der Waals surface area contributed by atoms with Crippen LogP contribution in [0.2, 0.25) is 0 Å². The molecule has 0 aliphatic heterocycles. The number of aliphatic imine (C=N–C) groups is 2. The van der Waals surface area contributed by atoms with E-state index in [1.807, 2.05) is 67.6 Å². The van der Waals surface area contributed by atoms with E-state index in [0.29, 0.717) is 29.2 Å². The molecule has 0 aromatic heterocycles. The van der Waals surface area contributed by atoms with Gasteiger partial charge in [-0.15, -0.1) is 0 Å². The largest absolute Gasteiger partial charge is 0.497 e. The SMILES string of the molecule is C=C/C(=C\C=C/C)CN=C(NCC(Cc1ccccc1F)C(N)=O)c1cc(-c2cccc(OC)c2)ccc1N=C. The van der Waals surface area contributed by atoms with Crippen molar-refractivity contribution in [3.63, 3.8) is 0 Å². The van der Waals surface area contributed by atoms with Gasteiger partial charge in [0.1, 0.15) is 17.4 Å². The number of ether oxygens (including phenoxy) is 1. The van der Waals surface area contributed by atoms with E-state index in [1.165, 1.54) is 6.07 Å². The molecule has 1 atom stereocenters. The Bertz CT molecular complexity index is 1440. The molecule has 6 nitrogen and oxygen atoms in total. The fraction of sp³-hybridized carbons (Fsp3) is 0.182. The van der Waals surface area contributed by atoms with Gasteiger partial charge >= 0.3 is 0 Å². The molecule has 0 saturated heterocycles. The first-order valence-electron chi connectivity index (χ1n) is 12.9. The maximum absolute atomic E-state index is 14.3. The Hall–Kier alpha value is -4.78. The van der Waals surface area contributed by atoms with Crippen LogP contribution in [0, 0.1) is 11.7 Å². The minimum absolute atomic E-state index is 0.143. The predicted molar refractivity (Wildman–Crippen MR) is 163 cm³/mol. The highest BCUT2D eigenvalue weighted by atomic mass is 19.1. The summed E-state index contributed by atoms with van der Waals surface area (Å²) < 4.78 is 19.7. The number of carbonyl (C=O) groups is 1. The number of allylic oxidation sites excluding steroid dienone is 3. The van der Waals surface area contributed by atoms with Gasteiger partial charge in [-0.25, -0.2) is 4.39 Å². The van der Waals surface area contributed by atoms with Crippen LogP contribution in [0.15, 0.2) is 113 Å². The van der Waals surface area contributed by atoms with Crippen molar-refractivity contribution in [1.82, 2.24) is 5.32 Å². The molecule has 1 unspecified atom stereocenters. The first-order valence-corrected chi connectivity index (χ1v) is 12.9. The number of carbonyl (C=O) groups excluding carboxylic acids is 1. The van der Waals surface area contributed by atoms with Crippen LogP contribution < -0.4 is 15.8 Å². The molecular weight excluding hydrogens is 503 g/mol. The molecule has 0 spiro atoms. The Kier molecular flexibility index (Phi) is 11.1. The number of methoxy groups -OCH3 is 1. The van der Waals surface area contributed by atoms with Crippen molar-refractivity contribution >= 4 is 24.1 Å². The van der Waals surface area contributed by atoms with Crippen molar-refractivity contribution in [2.45, 2.75) is 13.3 Å². The van der Waals surface area contributed by atoms with Crippen LogP contribution in [-0.4, -0.2) is 38.7 Å². The summed E-state index contributed by atoms with van der Waals surface area (Å²) in [6.07, 6.45) is 7.65. The quantitative estimate of drug-likeness (QED) is 0.154. The molecule has 3 aromatic rings. The van der Waals surface area contributed by atoms with E-state index in [9.17, 15) is 9.18 Å². The third kappa shape index (κ3) is 8.11. The number of rotatable bonds is 13. The summed E-state index contributed by atoms with van der Waals surface area (Å²) in [6, 6.07) is 19.9. The van der Waals surface area contributed by atoms with Crippen molar-refractivity contribution in [3.05, 3.63) is 120 Å². The Morgan fingerprint density at radius 2 is 1.90 bits per heavy atom. The molecule has 3 rings (SSSR count). The fourth-order valence-electron chi connectivity index (χ4n) is 4.08. The van der Waals surface area contributed by atoms with E-state index in [2.05, 4.69) is 23.6 Å². The molecule has 206 valence electrons. The summed E-state index contributed by atoms with van der Waals surface area (Å²) in [5.74, 6) is -0.362. The first kappa shape index (κ1) is 29.8. The van der Waals surface area contributed by atoms with Gasteiger partial charge in [0.2, 0.25) is 5.91 Å². The van der Waals surface area contributed by atoms with E-state index >= 15 is 0 Å². The number of nitrogens with one attached hydrogen (secondary N) is 1. The Labute approximate surface area is 235 Å². The topological polar surface area (TPSA) is 89.1 Å². The number of amides is 1. The second-order valence-electron chi connectivity index (χ2n) is 9.03. The number of nitrogens with two attached hydrogens (primary N) is 1. The molecule has 0 aliphatic carbocycles. The molecule has 0 fully saturated rings. The van der Waals surface area contributed by atoms with Crippen LogP contribution in [0.25, 0.3) is 11.1 Å². The normalized spacial score (nSPS) is 12.7. The lowest BCUT2D eigenvalue weighted by molar-refractivity contribution is -0.121. The van der Waals surface area contributed by atoms with Crippen LogP contribution in [0.3, 0.4) is 0 Å². The lowest BCUT2D eigenvalue weighted by Crippen LogP contribution is -2.38. The van der Waals surface area contributed by atoms with Gasteiger partial charge in [0, 0.05) is 12.1 Å². The number of hydrogen-bond donors (Lipinski definition) is 2. The summed E-state index contributed by atoms with van der Waals surface area (Å²) in [4.78, 5) is 21.4. The Morgan fingerprint density at radius 3 is 2.58 bits per heavy atom. The molecule has 0 bridgehead atoms. The number of amidine groups is 1. The van der Waals surface area contributed by atoms with Crippen LogP contribution in [-0.2, 0) is 11.2 Å². The zero-order valence-electron chi connectivity index (χ0n) is 22.9. The van der Waals surface area contributed by atoms with Gasteiger partial charge in [-0.2, -0.15) is 0 Å². The molecule has 7 heteroatoms. The minimum atomic E-state index is -0.679. The zero-order valence-corrected chi connectivity index (χ0v) is 22.9. The molecule has 0 saturated carbocycles. The minimum Gasteiger partial charge on any atom is -0.497 e. The van der Waals surface area contributed by atoms with Crippen LogP contribution in [0.1, 0.15) is 18.1 Å². The smallest absolute Gasteiger partial charge is 0.222 e. The lowest BCUT2D eigenvalue weighted by atomic mass is 9.97. The van der Waals surface area contributed by atoms with Crippen molar-refractivity contribution in [3.8, 4) is 16.9 Å². The molecule has 3 N–H and O–H groups in total. The maximum Gasteiger partial charge on any atom is 0.222 e. The molecule has 1 amide bonds. The number of primary amides is 1. The van der Waals surface area contributed by atoms with Crippen molar-refractivity contribution in [2.24, 2.45) is 21.6 Å². The van der Waals surface area contributed by atoms with E-state index in [4.69, 9.17) is 15.5 Å². The Balaban J connectivity index is 2.03. The molecule has 0 heterocycles. The molecular formula is C33H35FN4O2. The second kappa shape index (κ2) is 15.0. The van der Waals surface area contributed by atoms with E-state index in [-0.39, 0.29) is 18.8 Å². The molecule has 0 aliphatic rings. The van der Waals surface area contributed by atoms with Crippen LogP contribution in [0.4, 0.5) is 10.1 Å². The fourth-order valence-corrected chi connectivity index (χ4v) is 4.08. The highest BCUT2D eigenvalue weighted by Gasteiger charge is 2.20. The maximum atomic E-state index is 14.3. The standard InChI is InChI=1S/C33H35FN4O2/c1-5-7-11-23(6-2)21-37-33(38-22-27(32(35)39)18-26-12-8-9-15-30(26)34)29-20-25(16-17-31(29)36-3)24-13-10-14-28(19-24)40-4/h5-17,19-20,27H,2-3,18,21-22H2,1,4H3,(H2,35,39)(H,37,38)/b7-5-,23-11+. The van der Waals surface area contributed by atoms with Gasteiger partial charge in [0.15, 0.2) is 0 Å². The van der Waals surface area contributed by atoms with E-state index in [1.54, 1.807) is 31.4 Å². The van der Waals surface area contributed by atoms with E-state index < -0.39 is 11.8 Å². The summed E-state index contributed by atoms with van der Waals surface area (Å²) in [7, 11) is 1.62. The van der Waals surface area contributed by atoms with Crippen LogP contribution in [0.5, 0.6) is 5.75 Å². The predicted octanol–water partition coefficient (Wildman–Crippen LogP) is 6.20. The van der Waals surface area contributed by atoms with Gasteiger partial charge in [0.25, 0.3) is 0 Å². The second-order valence-corrected chi connectivity index (χ2v) is 9.03. The van der Waals surface area contributed by atoms with Gasteiger partial charge in [-0.3, -0.25) is 14.8 Å². The van der Waals surface area contributed by atoms with Crippen molar-refractivity contribution < 1.29 is 13.9 Å². The van der Waals surface area contributed by atoms with E-state index in [0.717, 1.165) is 22.4 Å². The van der Waals surface area contributed by atoms with Gasteiger partial charge in [-0.05, 0) is 72.7 Å². The Morgan fingerprint density at radius 1 is 1.12 bits per heavy atom. The first-order chi connectivity index (χ1) is 19.4. The van der Waals surface area contributed by atoms with Gasteiger partial charge < -0.3 is 15.8 Å². The number of nitrogens with zero attached hydrogens (tertiary/aromatic N) is 2. The molecule has 40 heavy (non-hydrogen) atoms. The molecule has 0 radical (unpaired) electrons. The summed E-state index contributed by atoms with van der Waals surface area (Å²) in [6.45, 7) is 10.0. The van der Waals surface area contributed by atoms with Gasteiger partial charge in [-0.1, -0.05) is 67.3 Å². The zero-order chi connectivity index (χ0) is 28.9. The third-order valence-corrected chi connectivity index (χ3v) is 6.35. The number of halogens is 1. The highest BCUT2D eigenvalue weighted by Crippen LogP contribution is 2.29. The van der Waals surface area contributed by atoms with Gasteiger partial charge in [0.05, 0.1) is 25.3 Å². The average Bonchev–Trinajstić information content (AvgIpc) is 2.98. The number of hydrogen-bond acceptors (Lipinski definition) is 4. The average molecular weight is 539 g/mol.